The van der Waals surface area contributed by atoms with Crippen molar-refractivity contribution < 1.29 is 9.53 Å². The summed E-state index contributed by atoms with van der Waals surface area (Å²) in [6.07, 6.45) is 0. The van der Waals surface area contributed by atoms with E-state index in [4.69, 9.17) is 4.74 Å². The van der Waals surface area contributed by atoms with Crippen LogP contribution in [0.3, 0.4) is 0 Å². The smallest absolute Gasteiger partial charge is 0.272 e. The number of rotatable bonds is 4. The van der Waals surface area contributed by atoms with Crippen molar-refractivity contribution >= 4 is 33.1 Å². The molecule has 0 radical (unpaired) electrons. The summed E-state index contributed by atoms with van der Waals surface area (Å²) in [5.74, 6) is 0.158. The monoisotopic (exact) mass is 361 g/mol. The fourth-order valence-corrected chi connectivity index (χ4v) is 2.98. The van der Waals surface area contributed by atoms with Gasteiger partial charge in [0.15, 0.2) is 6.61 Å². The molecule has 0 fully saturated rings. The quantitative estimate of drug-likeness (QED) is 0.519. The fraction of sp³-hybridized carbons (Fsp3) is 0.0500. The Hall–Kier alpha value is -3.87. The van der Waals surface area contributed by atoms with Gasteiger partial charge < -0.3 is 10.1 Å². The van der Waals surface area contributed by atoms with E-state index in [0.29, 0.717) is 5.75 Å². The standard InChI is InChI=1S/C20H15N3O4/c24-17(11-27-16-10-3-6-12-5-1-2-7-13(12)16)21-15-9-4-8-14-18(15)20(26)23-22-19(14)25/h1-10H,11H2,(H,21,24)(H,22,25)(H,23,26). The summed E-state index contributed by atoms with van der Waals surface area (Å²) < 4.78 is 5.65. The first-order valence-corrected chi connectivity index (χ1v) is 8.27. The lowest BCUT2D eigenvalue weighted by molar-refractivity contribution is -0.118. The lowest BCUT2D eigenvalue weighted by Gasteiger charge is -2.11. The van der Waals surface area contributed by atoms with Gasteiger partial charge in [-0.2, -0.15) is 0 Å². The molecule has 0 unspecified atom stereocenters. The fourth-order valence-electron chi connectivity index (χ4n) is 2.98. The third-order valence-electron chi connectivity index (χ3n) is 4.21. The Morgan fingerprint density at radius 3 is 2.44 bits per heavy atom. The molecule has 7 nitrogen and oxygen atoms in total. The molecular formula is C20H15N3O4. The van der Waals surface area contributed by atoms with Crippen molar-refractivity contribution in [1.29, 1.82) is 0 Å². The number of hydrogen-bond acceptors (Lipinski definition) is 4. The predicted octanol–water partition coefficient (Wildman–Crippen LogP) is 2.39. The highest BCUT2D eigenvalue weighted by Crippen LogP contribution is 2.25. The van der Waals surface area contributed by atoms with E-state index in [1.54, 1.807) is 18.2 Å². The van der Waals surface area contributed by atoms with Crippen molar-refractivity contribution in [2.75, 3.05) is 11.9 Å². The number of aromatic nitrogens is 2. The third kappa shape index (κ3) is 3.18. The van der Waals surface area contributed by atoms with E-state index in [-0.39, 0.29) is 23.1 Å². The largest absolute Gasteiger partial charge is 0.483 e. The molecule has 134 valence electrons. The van der Waals surface area contributed by atoms with E-state index in [9.17, 15) is 14.4 Å². The van der Waals surface area contributed by atoms with Crippen LogP contribution in [-0.4, -0.2) is 22.7 Å². The minimum Gasteiger partial charge on any atom is -0.483 e. The highest BCUT2D eigenvalue weighted by Gasteiger charge is 2.12. The Morgan fingerprint density at radius 2 is 1.56 bits per heavy atom. The minimum atomic E-state index is -0.490. The van der Waals surface area contributed by atoms with Crippen molar-refractivity contribution in [3.05, 3.63) is 81.4 Å². The molecule has 4 aromatic rings. The molecule has 1 amide bonds. The van der Waals surface area contributed by atoms with E-state index in [0.717, 1.165) is 10.8 Å². The van der Waals surface area contributed by atoms with Crippen molar-refractivity contribution in [1.82, 2.24) is 10.2 Å². The van der Waals surface area contributed by atoms with Crippen LogP contribution in [0.4, 0.5) is 5.69 Å². The second kappa shape index (κ2) is 6.80. The first kappa shape index (κ1) is 16.6. The third-order valence-corrected chi connectivity index (χ3v) is 4.21. The molecule has 1 heterocycles. The van der Waals surface area contributed by atoms with Gasteiger partial charge in [-0.25, -0.2) is 0 Å². The van der Waals surface area contributed by atoms with Gasteiger partial charge in [0.25, 0.3) is 17.0 Å². The van der Waals surface area contributed by atoms with E-state index >= 15 is 0 Å². The highest BCUT2D eigenvalue weighted by molar-refractivity contribution is 6.02. The van der Waals surface area contributed by atoms with E-state index in [2.05, 4.69) is 15.5 Å². The number of benzene rings is 3. The Labute approximate surface area is 152 Å². The summed E-state index contributed by atoms with van der Waals surface area (Å²) in [6, 6.07) is 18.0. The lowest BCUT2D eigenvalue weighted by atomic mass is 10.1. The van der Waals surface area contributed by atoms with Crippen molar-refractivity contribution in [2.45, 2.75) is 0 Å². The summed E-state index contributed by atoms with van der Waals surface area (Å²) in [4.78, 5) is 36.2. The Balaban J connectivity index is 1.57. The van der Waals surface area contributed by atoms with Crippen LogP contribution < -0.4 is 21.2 Å². The van der Waals surface area contributed by atoms with Crippen molar-refractivity contribution in [3.8, 4) is 5.75 Å². The molecule has 3 aromatic carbocycles. The maximum absolute atomic E-state index is 12.3. The van der Waals surface area contributed by atoms with Gasteiger partial charge in [0.2, 0.25) is 0 Å². The van der Waals surface area contributed by atoms with Gasteiger partial charge in [0, 0.05) is 5.39 Å². The molecule has 0 atom stereocenters. The number of carbonyl (C=O) groups excluding carboxylic acids is 1. The molecule has 27 heavy (non-hydrogen) atoms. The normalized spacial score (nSPS) is 10.8. The van der Waals surface area contributed by atoms with Gasteiger partial charge in [-0.15, -0.1) is 0 Å². The van der Waals surface area contributed by atoms with Crippen LogP contribution in [0.15, 0.2) is 70.3 Å². The number of nitrogens with one attached hydrogen (secondary N) is 3. The average molecular weight is 361 g/mol. The van der Waals surface area contributed by atoms with Crippen molar-refractivity contribution in [3.63, 3.8) is 0 Å². The number of hydrogen-bond donors (Lipinski definition) is 3. The van der Waals surface area contributed by atoms with Gasteiger partial charge in [-0.05, 0) is 23.6 Å². The molecule has 3 N–H and O–H groups in total. The molecule has 0 spiro atoms. The molecule has 0 aliphatic heterocycles. The SMILES string of the molecule is O=C(COc1cccc2ccccc12)Nc1cccc2c(=O)[nH][nH]c(=O)c12. The summed E-state index contributed by atoms with van der Waals surface area (Å²) in [6.45, 7) is -0.231. The average Bonchev–Trinajstić information content (AvgIpc) is 2.69. The zero-order valence-corrected chi connectivity index (χ0v) is 14.1. The van der Waals surface area contributed by atoms with Crippen LogP contribution >= 0.6 is 0 Å². The molecule has 1 aromatic heterocycles. The summed E-state index contributed by atoms with van der Waals surface area (Å²) >= 11 is 0. The van der Waals surface area contributed by atoms with E-state index in [1.807, 2.05) is 36.4 Å². The maximum atomic E-state index is 12.3. The molecule has 0 saturated carbocycles. The van der Waals surface area contributed by atoms with E-state index < -0.39 is 17.0 Å². The number of amides is 1. The molecule has 0 bridgehead atoms. The molecule has 4 rings (SSSR count). The van der Waals surface area contributed by atoms with Gasteiger partial charge >= 0.3 is 0 Å². The molecule has 0 aliphatic carbocycles. The summed E-state index contributed by atoms with van der Waals surface area (Å²) in [5, 5.41) is 9.39. The topological polar surface area (TPSA) is 104 Å². The molecule has 0 saturated heterocycles. The van der Waals surface area contributed by atoms with E-state index in [1.165, 1.54) is 6.07 Å². The van der Waals surface area contributed by atoms with Crippen LogP contribution in [0.2, 0.25) is 0 Å². The number of carbonyl (C=O) groups is 1. The van der Waals surface area contributed by atoms with Crippen molar-refractivity contribution in [2.24, 2.45) is 0 Å². The summed E-state index contributed by atoms with van der Waals surface area (Å²) in [5.41, 5.74) is -0.672. The molecular weight excluding hydrogens is 346 g/mol. The van der Waals surface area contributed by atoms with Gasteiger partial charge in [0.05, 0.1) is 16.5 Å². The van der Waals surface area contributed by atoms with Gasteiger partial charge in [0.1, 0.15) is 5.75 Å². The van der Waals surface area contributed by atoms with Gasteiger partial charge in [-0.1, -0.05) is 42.5 Å². The highest BCUT2D eigenvalue weighted by atomic mass is 16.5. The van der Waals surface area contributed by atoms with Crippen LogP contribution in [0.5, 0.6) is 5.75 Å². The van der Waals surface area contributed by atoms with Crippen LogP contribution in [-0.2, 0) is 4.79 Å². The predicted molar refractivity (Wildman–Crippen MR) is 103 cm³/mol. The lowest BCUT2D eigenvalue weighted by Crippen LogP contribution is -2.24. The number of ether oxygens (including phenoxy) is 1. The van der Waals surface area contributed by atoms with Gasteiger partial charge in [-0.3, -0.25) is 24.6 Å². The Kier molecular flexibility index (Phi) is 4.18. The zero-order chi connectivity index (χ0) is 18.8. The summed E-state index contributed by atoms with van der Waals surface area (Å²) in [7, 11) is 0. The first-order chi connectivity index (χ1) is 13.1. The van der Waals surface area contributed by atoms with Crippen LogP contribution in [0.25, 0.3) is 21.5 Å². The zero-order valence-electron chi connectivity index (χ0n) is 14.1. The minimum absolute atomic E-state index is 0.125. The number of fused-ring (bicyclic) bond motifs is 2. The number of H-pyrrole nitrogens is 2. The number of anilines is 1. The van der Waals surface area contributed by atoms with Crippen LogP contribution in [0.1, 0.15) is 0 Å². The maximum Gasteiger partial charge on any atom is 0.272 e. The second-order valence-corrected chi connectivity index (χ2v) is 5.95. The number of aromatic amines is 2. The Bertz CT molecular complexity index is 1270. The molecule has 0 aliphatic rings. The second-order valence-electron chi connectivity index (χ2n) is 5.95. The Morgan fingerprint density at radius 1 is 0.852 bits per heavy atom. The first-order valence-electron chi connectivity index (χ1n) is 8.27. The molecule has 7 heteroatoms. The van der Waals surface area contributed by atoms with Crippen LogP contribution in [0, 0.1) is 0 Å².